The van der Waals surface area contributed by atoms with Crippen LogP contribution in [0, 0.1) is 0 Å². The molecule has 0 saturated heterocycles. The number of phenols is 1. The van der Waals surface area contributed by atoms with Gasteiger partial charge in [-0.25, -0.2) is 4.79 Å². The van der Waals surface area contributed by atoms with Crippen molar-refractivity contribution in [3.8, 4) is 5.75 Å². The maximum absolute atomic E-state index is 12.4. The molecule has 2 heterocycles. The molecule has 0 saturated carbocycles. The summed E-state index contributed by atoms with van der Waals surface area (Å²) in [7, 11) is 0. The van der Waals surface area contributed by atoms with Crippen LogP contribution >= 0.6 is 0 Å². The number of aromatic hydroxyl groups is 1. The molecular formula is C26H25N3O3. The number of unbranched alkanes of at least 4 members (excludes halogenated alkanes) is 1. The summed E-state index contributed by atoms with van der Waals surface area (Å²) in [5.41, 5.74) is 3.09. The van der Waals surface area contributed by atoms with E-state index in [1.165, 1.54) is 0 Å². The second-order valence-corrected chi connectivity index (χ2v) is 7.48. The number of carbonyl (C=O) groups excluding carboxylic acids is 1. The van der Waals surface area contributed by atoms with Gasteiger partial charge in [-0.15, -0.1) is 0 Å². The van der Waals surface area contributed by atoms with E-state index in [2.05, 4.69) is 15.3 Å². The molecular weight excluding hydrogens is 402 g/mol. The Morgan fingerprint density at radius 1 is 1.03 bits per heavy atom. The molecule has 0 radical (unpaired) electrons. The number of aromatic nitrogens is 2. The SMILES string of the molecule is CCCCOC(=O)c1cccc(NC(c2ccccn2)c2ccc3cccnc3c2O)c1. The molecule has 6 nitrogen and oxygen atoms in total. The number of ether oxygens (including phenoxy) is 1. The third-order valence-corrected chi connectivity index (χ3v) is 5.21. The molecule has 2 aromatic carbocycles. The van der Waals surface area contributed by atoms with Crippen LogP contribution in [0.25, 0.3) is 10.9 Å². The number of hydrogen-bond donors (Lipinski definition) is 2. The molecule has 6 heteroatoms. The zero-order valence-corrected chi connectivity index (χ0v) is 17.9. The molecule has 0 bridgehead atoms. The average molecular weight is 428 g/mol. The number of carbonyl (C=O) groups is 1. The van der Waals surface area contributed by atoms with Crippen molar-refractivity contribution in [2.75, 3.05) is 11.9 Å². The third-order valence-electron chi connectivity index (χ3n) is 5.21. The summed E-state index contributed by atoms with van der Waals surface area (Å²) < 4.78 is 5.34. The van der Waals surface area contributed by atoms with Crippen molar-refractivity contribution in [2.24, 2.45) is 0 Å². The Morgan fingerprint density at radius 3 is 2.72 bits per heavy atom. The molecule has 162 valence electrons. The Bertz CT molecular complexity index is 1210. The normalized spacial score (nSPS) is 11.8. The lowest BCUT2D eigenvalue weighted by molar-refractivity contribution is 0.0500. The first-order chi connectivity index (χ1) is 15.7. The van der Waals surface area contributed by atoms with Gasteiger partial charge in [-0.3, -0.25) is 9.97 Å². The summed E-state index contributed by atoms with van der Waals surface area (Å²) in [6, 6.07) is 19.9. The van der Waals surface area contributed by atoms with Gasteiger partial charge in [0.15, 0.2) is 0 Å². The van der Waals surface area contributed by atoms with E-state index in [-0.39, 0.29) is 11.7 Å². The fourth-order valence-electron chi connectivity index (χ4n) is 3.53. The lowest BCUT2D eigenvalue weighted by Crippen LogP contribution is -2.15. The van der Waals surface area contributed by atoms with Crippen LogP contribution in [0.2, 0.25) is 0 Å². The van der Waals surface area contributed by atoms with Gasteiger partial charge in [0.2, 0.25) is 0 Å². The van der Waals surface area contributed by atoms with Gasteiger partial charge in [0, 0.05) is 29.0 Å². The number of hydrogen-bond acceptors (Lipinski definition) is 6. The highest BCUT2D eigenvalue weighted by Gasteiger charge is 2.21. The van der Waals surface area contributed by atoms with Crippen molar-refractivity contribution in [1.29, 1.82) is 0 Å². The summed E-state index contributed by atoms with van der Waals surface area (Å²) >= 11 is 0. The molecule has 32 heavy (non-hydrogen) atoms. The molecule has 0 aliphatic rings. The van der Waals surface area contributed by atoms with Crippen LogP contribution < -0.4 is 5.32 Å². The number of pyridine rings is 2. The molecule has 0 amide bonds. The Morgan fingerprint density at radius 2 is 1.91 bits per heavy atom. The number of esters is 1. The van der Waals surface area contributed by atoms with Crippen LogP contribution in [-0.4, -0.2) is 27.7 Å². The van der Waals surface area contributed by atoms with E-state index in [1.807, 2.05) is 55.5 Å². The van der Waals surface area contributed by atoms with E-state index in [0.717, 1.165) is 23.9 Å². The van der Waals surface area contributed by atoms with E-state index >= 15 is 0 Å². The molecule has 0 aliphatic heterocycles. The van der Waals surface area contributed by atoms with E-state index in [4.69, 9.17) is 4.74 Å². The van der Waals surface area contributed by atoms with Gasteiger partial charge in [-0.05, 0) is 42.8 Å². The molecule has 4 aromatic rings. The summed E-state index contributed by atoms with van der Waals surface area (Å²) in [6.07, 6.45) is 5.16. The smallest absolute Gasteiger partial charge is 0.338 e. The first-order valence-corrected chi connectivity index (χ1v) is 10.7. The average Bonchev–Trinajstić information content (AvgIpc) is 2.84. The molecule has 1 atom stereocenters. The first kappa shape index (κ1) is 21.3. The second kappa shape index (κ2) is 9.92. The highest BCUT2D eigenvalue weighted by molar-refractivity contribution is 5.90. The van der Waals surface area contributed by atoms with Crippen LogP contribution in [-0.2, 0) is 4.74 Å². The molecule has 1 unspecified atom stereocenters. The summed E-state index contributed by atoms with van der Waals surface area (Å²) in [6.45, 7) is 2.45. The highest BCUT2D eigenvalue weighted by atomic mass is 16.5. The number of benzene rings is 2. The fourth-order valence-corrected chi connectivity index (χ4v) is 3.53. The molecule has 0 fully saturated rings. The summed E-state index contributed by atoms with van der Waals surface area (Å²) in [5.74, 6) is -0.254. The Hall–Kier alpha value is -3.93. The fraction of sp³-hybridized carbons (Fsp3) is 0.192. The van der Waals surface area contributed by atoms with Crippen molar-refractivity contribution >= 4 is 22.6 Å². The van der Waals surface area contributed by atoms with Gasteiger partial charge in [0.25, 0.3) is 0 Å². The number of rotatable bonds is 8. The summed E-state index contributed by atoms with van der Waals surface area (Å²) in [5, 5.41) is 15.3. The van der Waals surface area contributed by atoms with E-state index in [0.29, 0.717) is 28.9 Å². The quantitative estimate of drug-likeness (QED) is 0.286. The number of fused-ring (bicyclic) bond motifs is 1. The molecule has 0 spiro atoms. The standard InChI is InChI=1S/C26H25N3O3/c1-2-3-16-32-26(31)19-8-6-10-20(17-19)29-24(22-11-4-5-14-27-22)21-13-12-18-9-7-15-28-23(18)25(21)30/h4-15,17,24,29-30H,2-3,16H2,1H3. The minimum atomic E-state index is -0.450. The zero-order chi connectivity index (χ0) is 22.3. The zero-order valence-electron chi connectivity index (χ0n) is 17.9. The van der Waals surface area contributed by atoms with Crippen molar-refractivity contribution in [3.63, 3.8) is 0 Å². The van der Waals surface area contributed by atoms with Crippen molar-refractivity contribution in [2.45, 2.75) is 25.8 Å². The van der Waals surface area contributed by atoms with Gasteiger partial charge in [-0.1, -0.05) is 43.7 Å². The Labute approximate surface area is 186 Å². The van der Waals surface area contributed by atoms with Crippen LogP contribution in [0.3, 0.4) is 0 Å². The van der Waals surface area contributed by atoms with Gasteiger partial charge in [-0.2, -0.15) is 0 Å². The van der Waals surface area contributed by atoms with Crippen LogP contribution in [0.1, 0.15) is 47.4 Å². The number of phenolic OH excluding ortho intramolecular Hbond substituents is 1. The largest absolute Gasteiger partial charge is 0.505 e. The predicted octanol–water partition coefficient (Wildman–Crippen LogP) is 5.49. The minimum Gasteiger partial charge on any atom is -0.505 e. The number of nitrogens with one attached hydrogen (secondary N) is 1. The lowest BCUT2D eigenvalue weighted by atomic mass is 9.99. The maximum Gasteiger partial charge on any atom is 0.338 e. The third kappa shape index (κ3) is 4.70. The molecule has 4 rings (SSSR count). The Balaban J connectivity index is 1.69. The van der Waals surface area contributed by atoms with Crippen LogP contribution in [0.5, 0.6) is 5.75 Å². The topological polar surface area (TPSA) is 84.3 Å². The Kier molecular flexibility index (Phi) is 6.60. The van der Waals surface area contributed by atoms with Crippen molar-refractivity contribution in [3.05, 3.63) is 95.9 Å². The predicted molar refractivity (Wildman–Crippen MR) is 125 cm³/mol. The van der Waals surface area contributed by atoms with Crippen LogP contribution in [0.4, 0.5) is 5.69 Å². The van der Waals surface area contributed by atoms with Gasteiger partial charge >= 0.3 is 5.97 Å². The highest BCUT2D eigenvalue weighted by Crippen LogP contribution is 2.35. The lowest BCUT2D eigenvalue weighted by Gasteiger charge is -2.22. The van der Waals surface area contributed by atoms with Gasteiger partial charge < -0.3 is 15.2 Å². The molecule has 2 N–H and O–H groups in total. The molecule has 2 aromatic heterocycles. The van der Waals surface area contributed by atoms with Crippen LogP contribution in [0.15, 0.2) is 79.1 Å². The van der Waals surface area contributed by atoms with Crippen molar-refractivity contribution in [1.82, 2.24) is 9.97 Å². The maximum atomic E-state index is 12.4. The summed E-state index contributed by atoms with van der Waals surface area (Å²) in [4.78, 5) is 21.2. The van der Waals surface area contributed by atoms with Gasteiger partial charge in [0.05, 0.1) is 23.9 Å². The van der Waals surface area contributed by atoms with E-state index in [1.54, 1.807) is 30.6 Å². The first-order valence-electron chi connectivity index (χ1n) is 10.7. The number of anilines is 1. The van der Waals surface area contributed by atoms with Crippen molar-refractivity contribution < 1.29 is 14.6 Å². The van der Waals surface area contributed by atoms with E-state index in [9.17, 15) is 9.90 Å². The minimum absolute atomic E-state index is 0.0985. The molecule has 0 aliphatic carbocycles. The monoisotopic (exact) mass is 427 g/mol. The van der Waals surface area contributed by atoms with E-state index < -0.39 is 6.04 Å². The second-order valence-electron chi connectivity index (χ2n) is 7.48. The number of nitrogens with zero attached hydrogens (tertiary/aromatic N) is 2. The van der Waals surface area contributed by atoms with Gasteiger partial charge in [0.1, 0.15) is 11.3 Å².